The Hall–Kier alpha value is -0.506. The van der Waals surface area contributed by atoms with Gasteiger partial charge in [0.1, 0.15) is 0 Å². The Morgan fingerprint density at radius 1 is 0.840 bits per heavy atom. The Labute approximate surface area is 160 Å². The first-order valence-electron chi connectivity index (χ1n) is 7.88. The minimum atomic E-state index is -1.69. The zero-order valence-electron chi connectivity index (χ0n) is 16.4. The van der Waals surface area contributed by atoms with Crippen LogP contribution in [0.2, 0.25) is 0 Å². The summed E-state index contributed by atoms with van der Waals surface area (Å²) in [6, 6.07) is 0. The number of aliphatic hydroxyl groups is 2. The second-order valence-electron chi connectivity index (χ2n) is 7.19. The predicted molar refractivity (Wildman–Crippen MR) is 84.2 cm³/mol. The van der Waals surface area contributed by atoms with Gasteiger partial charge in [-0.15, -0.1) is 0 Å². The molecule has 8 nitrogen and oxygen atoms in total. The van der Waals surface area contributed by atoms with E-state index in [0.717, 1.165) is 40.9 Å². The maximum absolute atomic E-state index is 9.66. The number of hydrogen-bond acceptors (Lipinski definition) is 8. The van der Waals surface area contributed by atoms with Gasteiger partial charge in [0.25, 0.3) is 0 Å². The number of rotatable bonds is 8. The third kappa shape index (κ3) is 28.6. The van der Waals surface area contributed by atoms with Gasteiger partial charge in [-0.25, -0.2) is 0 Å². The summed E-state index contributed by atoms with van der Waals surface area (Å²) in [5.41, 5.74) is -3.39. The van der Waals surface area contributed by atoms with Gasteiger partial charge in [0.05, 0.1) is 23.1 Å². The topological polar surface area (TPSA) is 139 Å². The SMILES string of the molecule is CC(C)(O)C(=O)[O-].CC(C)(O)C(=O)[O-].CC(C)C[O][Ti+2][O]CC(C)C. The molecule has 0 aliphatic rings. The predicted octanol–water partition coefficient (Wildman–Crippen LogP) is -0.741. The molecule has 0 radical (unpaired) electrons. The van der Waals surface area contributed by atoms with E-state index in [2.05, 4.69) is 27.7 Å². The normalized spacial score (nSPS) is 11.0. The summed E-state index contributed by atoms with van der Waals surface area (Å²) in [5.74, 6) is -1.65. The van der Waals surface area contributed by atoms with E-state index in [1.807, 2.05) is 0 Å². The first-order valence-corrected chi connectivity index (χ1v) is 9.15. The van der Waals surface area contributed by atoms with Crippen LogP contribution in [0.25, 0.3) is 0 Å². The number of aliphatic carboxylic acids is 2. The zero-order valence-corrected chi connectivity index (χ0v) is 18.0. The maximum atomic E-state index is 9.66. The van der Waals surface area contributed by atoms with Gasteiger partial charge in [0.2, 0.25) is 0 Å². The fourth-order valence-corrected chi connectivity index (χ4v) is 1.83. The van der Waals surface area contributed by atoms with Crippen LogP contribution in [-0.4, -0.2) is 46.6 Å². The summed E-state index contributed by atoms with van der Waals surface area (Å²) >= 11 is -0.563. The number of carbonyl (C=O) groups excluding carboxylic acids is 2. The molecular formula is C16H32O8Ti. The number of hydrogen-bond donors (Lipinski definition) is 2. The molecule has 0 aliphatic heterocycles. The summed E-state index contributed by atoms with van der Waals surface area (Å²) in [6.45, 7) is 14.9. The third-order valence-electron chi connectivity index (χ3n) is 1.95. The molecule has 0 fully saturated rings. The molecular weight excluding hydrogens is 368 g/mol. The molecule has 0 bridgehead atoms. The van der Waals surface area contributed by atoms with Crippen molar-refractivity contribution < 1.29 is 56.6 Å². The van der Waals surface area contributed by atoms with Crippen LogP contribution in [0.15, 0.2) is 0 Å². The van der Waals surface area contributed by atoms with Gasteiger partial charge in [0, 0.05) is 0 Å². The van der Waals surface area contributed by atoms with Crippen LogP contribution in [0.4, 0.5) is 0 Å². The number of carbonyl (C=O) groups is 2. The van der Waals surface area contributed by atoms with Crippen molar-refractivity contribution in [2.45, 2.75) is 66.6 Å². The van der Waals surface area contributed by atoms with Crippen LogP contribution >= 0.6 is 0 Å². The van der Waals surface area contributed by atoms with E-state index in [-0.39, 0.29) is 0 Å². The Kier molecular flexibility index (Phi) is 17.1. The first kappa shape index (κ1) is 29.3. The van der Waals surface area contributed by atoms with Crippen LogP contribution in [0.3, 0.4) is 0 Å². The van der Waals surface area contributed by atoms with Gasteiger partial charge in [-0.1, -0.05) is 0 Å². The van der Waals surface area contributed by atoms with Crippen molar-refractivity contribution in [1.82, 2.24) is 0 Å². The van der Waals surface area contributed by atoms with Crippen LogP contribution in [-0.2, 0) is 36.2 Å². The van der Waals surface area contributed by atoms with Crippen LogP contribution in [0.5, 0.6) is 0 Å². The quantitative estimate of drug-likeness (QED) is 0.401. The fraction of sp³-hybridized carbons (Fsp3) is 0.875. The number of carboxylic acids is 2. The molecule has 0 aliphatic carbocycles. The molecule has 0 atom stereocenters. The van der Waals surface area contributed by atoms with Gasteiger partial charge in [-0.2, -0.15) is 0 Å². The van der Waals surface area contributed by atoms with E-state index in [9.17, 15) is 19.8 Å². The minimum absolute atomic E-state index is 0.563. The van der Waals surface area contributed by atoms with E-state index in [1.165, 1.54) is 0 Å². The molecule has 25 heavy (non-hydrogen) atoms. The molecule has 0 rings (SSSR count). The molecule has 0 amide bonds. The molecule has 9 heteroatoms. The molecule has 0 aromatic rings. The standard InChI is InChI=1S/2C4H8O3.2C4H9O.Ti/c2*1-4(2,7)3(5)6;2*1-4(2)3-5;/h2*7H,1-2H3,(H,5,6);2*4H,3H2,1-2H3;/q;;2*-1;+4/p-2. The van der Waals surface area contributed by atoms with Gasteiger partial charge in [0.15, 0.2) is 0 Å². The second-order valence-corrected chi connectivity index (χ2v) is 8.35. The van der Waals surface area contributed by atoms with E-state index >= 15 is 0 Å². The van der Waals surface area contributed by atoms with Crippen molar-refractivity contribution in [2.75, 3.05) is 13.2 Å². The molecule has 0 heterocycles. The van der Waals surface area contributed by atoms with E-state index in [4.69, 9.17) is 16.8 Å². The van der Waals surface area contributed by atoms with Gasteiger partial charge in [-0.3, -0.25) is 0 Å². The zero-order chi connectivity index (χ0) is 20.8. The summed E-state index contributed by atoms with van der Waals surface area (Å²) in [5, 5.41) is 36.2. The van der Waals surface area contributed by atoms with Crippen molar-refractivity contribution >= 4 is 11.9 Å². The summed E-state index contributed by atoms with van der Waals surface area (Å²) in [4.78, 5) is 19.3. The molecule has 0 aromatic heterocycles. The van der Waals surface area contributed by atoms with E-state index in [1.54, 1.807) is 0 Å². The molecule has 0 aromatic carbocycles. The molecule has 0 saturated heterocycles. The Morgan fingerprint density at radius 3 is 1.16 bits per heavy atom. The Balaban J connectivity index is -0.000000304. The molecule has 148 valence electrons. The van der Waals surface area contributed by atoms with E-state index in [0.29, 0.717) is 11.8 Å². The summed E-state index contributed by atoms with van der Waals surface area (Å²) < 4.78 is 10.7. The average molecular weight is 400 g/mol. The van der Waals surface area contributed by atoms with Crippen molar-refractivity contribution in [3.8, 4) is 0 Å². The molecule has 0 saturated carbocycles. The van der Waals surface area contributed by atoms with Crippen molar-refractivity contribution in [3.63, 3.8) is 0 Å². The van der Waals surface area contributed by atoms with Crippen LogP contribution in [0, 0.1) is 11.8 Å². The first-order chi connectivity index (χ1) is 11.0. The Bertz CT molecular complexity index is 322. The van der Waals surface area contributed by atoms with Gasteiger partial charge in [-0.05, 0) is 27.7 Å². The summed E-state index contributed by atoms with van der Waals surface area (Å²) in [7, 11) is 0. The van der Waals surface area contributed by atoms with Crippen molar-refractivity contribution in [1.29, 1.82) is 0 Å². The van der Waals surface area contributed by atoms with Crippen molar-refractivity contribution in [2.24, 2.45) is 11.8 Å². The average Bonchev–Trinajstić information content (AvgIpc) is 2.36. The number of carboxylic acid groups (broad SMARTS) is 2. The van der Waals surface area contributed by atoms with Gasteiger partial charge < -0.3 is 30.0 Å². The second kappa shape index (κ2) is 14.6. The van der Waals surface area contributed by atoms with Crippen LogP contribution < -0.4 is 10.2 Å². The monoisotopic (exact) mass is 400 g/mol. The Morgan fingerprint density at radius 2 is 1.04 bits per heavy atom. The molecule has 0 unspecified atom stereocenters. The molecule has 0 spiro atoms. The third-order valence-corrected chi connectivity index (χ3v) is 2.84. The van der Waals surface area contributed by atoms with E-state index < -0.39 is 43.1 Å². The van der Waals surface area contributed by atoms with Crippen LogP contribution in [0.1, 0.15) is 55.4 Å². The van der Waals surface area contributed by atoms with Crippen molar-refractivity contribution in [3.05, 3.63) is 0 Å². The molecule has 2 N–H and O–H groups in total. The summed E-state index contributed by atoms with van der Waals surface area (Å²) in [6.07, 6.45) is 0. The van der Waals surface area contributed by atoms with Gasteiger partial charge >= 0.3 is 79.3 Å². The fourth-order valence-electron chi connectivity index (χ4n) is 0.443.